The molecule has 3 aromatic carbocycles. The number of para-hydroxylation sites is 2. The summed E-state index contributed by atoms with van der Waals surface area (Å²) in [5.41, 5.74) is 2.40. The molecule has 2 heterocycles. The molecule has 3 aromatic rings. The summed E-state index contributed by atoms with van der Waals surface area (Å²) in [5, 5.41) is 2.71. The maximum absolute atomic E-state index is 13.5. The van der Waals surface area contributed by atoms with Gasteiger partial charge in [0.05, 0.1) is 5.69 Å². The number of hydrogen-bond donors (Lipinski definition) is 1. The van der Waals surface area contributed by atoms with Gasteiger partial charge in [-0.1, -0.05) is 36.4 Å². The third-order valence-electron chi connectivity index (χ3n) is 6.26. The molecule has 182 valence electrons. The number of amides is 2. The Morgan fingerprint density at radius 2 is 1.47 bits per heavy atom. The quantitative estimate of drug-likeness (QED) is 0.325. The van der Waals surface area contributed by atoms with Crippen LogP contribution < -0.4 is 19.9 Å². The van der Waals surface area contributed by atoms with E-state index >= 15 is 0 Å². The van der Waals surface area contributed by atoms with Crippen LogP contribution in [0.15, 0.2) is 84.4 Å². The lowest BCUT2D eigenvalue weighted by molar-refractivity contribution is -0.122. The molecule has 0 aliphatic carbocycles. The van der Waals surface area contributed by atoms with Crippen molar-refractivity contribution >= 4 is 46.6 Å². The van der Waals surface area contributed by atoms with Crippen LogP contribution >= 0.6 is 12.2 Å². The smallest absolute Gasteiger partial charge is 0.270 e. The first kappa shape index (κ1) is 23.7. The van der Waals surface area contributed by atoms with E-state index in [0.29, 0.717) is 17.2 Å². The van der Waals surface area contributed by atoms with E-state index in [0.717, 1.165) is 37.4 Å². The molecule has 7 nitrogen and oxygen atoms in total. The van der Waals surface area contributed by atoms with Crippen LogP contribution in [0.25, 0.3) is 6.08 Å². The zero-order valence-corrected chi connectivity index (χ0v) is 20.7. The van der Waals surface area contributed by atoms with Crippen molar-refractivity contribution in [3.05, 3.63) is 90.0 Å². The molecule has 2 amide bonds. The number of benzene rings is 3. The lowest BCUT2D eigenvalue weighted by Gasteiger charge is -2.35. The Kier molecular flexibility index (Phi) is 6.79. The highest BCUT2D eigenvalue weighted by molar-refractivity contribution is 7.80. The minimum absolute atomic E-state index is 0.0368. The van der Waals surface area contributed by atoms with E-state index in [9.17, 15) is 9.59 Å². The fourth-order valence-electron chi connectivity index (χ4n) is 4.28. The van der Waals surface area contributed by atoms with Crippen molar-refractivity contribution in [2.45, 2.75) is 0 Å². The summed E-state index contributed by atoms with van der Waals surface area (Å²) in [6.07, 6.45) is 1.66. The van der Waals surface area contributed by atoms with E-state index in [1.807, 2.05) is 54.6 Å². The molecule has 0 aromatic heterocycles. The summed E-state index contributed by atoms with van der Waals surface area (Å²) in [7, 11) is 2.11. The van der Waals surface area contributed by atoms with Gasteiger partial charge in [0.15, 0.2) is 5.11 Å². The largest absolute Gasteiger partial charge is 0.457 e. The Balaban J connectivity index is 1.41. The summed E-state index contributed by atoms with van der Waals surface area (Å²) < 4.78 is 5.84. The van der Waals surface area contributed by atoms with Gasteiger partial charge in [-0.3, -0.25) is 19.8 Å². The number of rotatable bonds is 5. The van der Waals surface area contributed by atoms with Gasteiger partial charge >= 0.3 is 0 Å². The molecule has 2 fully saturated rings. The van der Waals surface area contributed by atoms with Gasteiger partial charge in [-0.25, -0.2) is 0 Å². The normalized spacial score (nSPS) is 17.9. The summed E-state index contributed by atoms with van der Waals surface area (Å²) in [6.45, 7) is 3.67. The molecule has 2 aliphatic heterocycles. The highest BCUT2D eigenvalue weighted by atomic mass is 32.1. The number of anilines is 2. The molecular weight excluding hydrogens is 472 g/mol. The van der Waals surface area contributed by atoms with Crippen molar-refractivity contribution < 1.29 is 14.3 Å². The van der Waals surface area contributed by atoms with Crippen molar-refractivity contribution in [2.75, 3.05) is 43.0 Å². The zero-order chi connectivity index (χ0) is 25.1. The Morgan fingerprint density at radius 3 is 2.19 bits per heavy atom. The minimum Gasteiger partial charge on any atom is -0.457 e. The minimum atomic E-state index is -0.501. The lowest BCUT2D eigenvalue weighted by Crippen LogP contribution is -2.54. The first-order chi connectivity index (χ1) is 17.5. The first-order valence-electron chi connectivity index (χ1n) is 11.8. The Bertz CT molecular complexity index is 1320. The summed E-state index contributed by atoms with van der Waals surface area (Å²) in [6, 6.07) is 24.3. The van der Waals surface area contributed by atoms with Crippen LogP contribution in [0.2, 0.25) is 0 Å². The number of carbonyl (C=O) groups is 2. The van der Waals surface area contributed by atoms with Gasteiger partial charge in [0.1, 0.15) is 17.1 Å². The number of nitrogens with one attached hydrogen (secondary N) is 1. The average Bonchev–Trinajstić information content (AvgIpc) is 2.89. The predicted octanol–water partition coefficient (Wildman–Crippen LogP) is 4.06. The molecule has 2 aliphatic rings. The fraction of sp³-hybridized carbons (Fsp3) is 0.179. The zero-order valence-electron chi connectivity index (χ0n) is 19.9. The SMILES string of the molecule is CN1CCN(c2ccccc2/C=C2\C(=O)NC(=S)N(c3ccc(Oc4ccccc4)cc3)C2=O)CC1. The van der Waals surface area contributed by atoms with Crippen LogP contribution in [0.1, 0.15) is 5.56 Å². The topological polar surface area (TPSA) is 65.1 Å². The molecular formula is C28H26N4O3S. The molecule has 36 heavy (non-hydrogen) atoms. The van der Waals surface area contributed by atoms with Crippen LogP contribution in [0.5, 0.6) is 11.5 Å². The van der Waals surface area contributed by atoms with E-state index in [4.69, 9.17) is 17.0 Å². The molecule has 0 unspecified atom stereocenters. The summed E-state index contributed by atoms with van der Waals surface area (Å²) >= 11 is 5.36. The molecule has 0 atom stereocenters. The second-order valence-electron chi connectivity index (χ2n) is 8.72. The molecule has 0 bridgehead atoms. The number of ether oxygens (including phenoxy) is 1. The Hall–Kier alpha value is -4.01. The number of thiocarbonyl (C=S) groups is 1. The predicted molar refractivity (Wildman–Crippen MR) is 145 cm³/mol. The van der Waals surface area contributed by atoms with Crippen LogP contribution in [0.3, 0.4) is 0 Å². The summed E-state index contributed by atoms with van der Waals surface area (Å²) in [5.74, 6) is 0.375. The lowest BCUT2D eigenvalue weighted by atomic mass is 10.0. The van der Waals surface area contributed by atoms with Gasteiger partial charge < -0.3 is 14.5 Å². The first-order valence-corrected chi connectivity index (χ1v) is 12.2. The van der Waals surface area contributed by atoms with Gasteiger partial charge in [-0.15, -0.1) is 0 Å². The molecule has 0 radical (unpaired) electrons. The third-order valence-corrected chi connectivity index (χ3v) is 6.54. The highest BCUT2D eigenvalue weighted by Gasteiger charge is 2.34. The highest BCUT2D eigenvalue weighted by Crippen LogP contribution is 2.29. The number of piperazine rings is 1. The van der Waals surface area contributed by atoms with Gasteiger partial charge in [-0.05, 0) is 73.4 Å². The average molecular weight is 499 g/mol. The van der Waals surface area contributed by atoms with Crippen LogP contribution in [-0.4, -0.2) is 55.1 Å². The maximum atomic E-state index is 13.5. The molecule has 1 N–H and O–H groups in total. The van der Waals surface area contributed by atoms with Crippen LogP contribution in [0.4, 0.5) is 11.4 Å². The number of nitrogens with zero attached hydrogens (tertiary/aromatic N) is 3. The third kappa shape index (κ3) is 5.00. The number of carbonyl (C=O) groups excluding carboxylic acids is 2. The van der Waals surface area contributed by atoms with Crippen molar-refractivity contribution in [1.29, 1.82) is 0 Å². The second-order valence-corrected chi connectivity index (χ2v) is 9.10. The van der Waals surface area contributed by atoms with Crippen molar-refractivity contribution in [3.8, 4) is 11.5 Å². The van der Waals surface area contributed by atoms with Gasteiger partial charge in [0.2, 0.25) is 0 Å². The standard InChI is InChI=1S/C28H26N4O3S/c1-30-15-17-31(18-16-30)25-10-6-5-7-20(25)19-24-26(33)29-28(36)32(27(24)34)21-11-13-23(14-12-21)35-22-8-3-2-4-9-22/h2-14,19H,15-18H2,1H3,(H,29,33,36)/b24-19+. The second kappa shape index (κ2) is 10.3. The van der Waals surface area contributed by atoms with Crippen LogP contribution in [-0.2, 0) is 9.59 Å². The molecule has 0 spiro atoms. The monoisotopic (exact) mass is 498 g/mol. The maximum Gasteiger partial charge on any atom is 0.270 e. The Labute approximate surface area is 215 Å². The summed E-state index contributed by atoms with van der Waals surface area (Å²) in [4.78, 5) is 32.3. The number of likely N-dealkylation sites (N-methyl/N-ethyl adjacent to an activating group) is 1. The molecule has 5 rings (SSSR count). The van der Waals surface area contributed by atoms with E-state index in [1.165, 1.54) is 4.90 Å². The van der Waals surface area contributed by atoms with Gasteiger partial charge in [-0.2, -0.15) is 0 Å². The van der Waals surface area contributed by atoms with E-state index in [2.05, 4.69) is 22.2 Å². The van der Waals surface area contributed by atoms with Crippen molar-refractivity contribution in [1.82, 2.24) is 10.2 Å². The van der Waals surface area contributed by atoms with Crippen molar-refractivity contribution in [3.63, 3.8) is 0 Å². The van der Waals surface area contributed by atoms with E-state index in [-0.39, 0.29) is 10.7 Å². The Morgan fingerprint density at radius 1 is 0.833 bits per heavy atom. The molecule has 2 saturated heterocycles. The molecule has 0 saturated carbocycles. The van der Waals surface area contributed by atoms with E-state index in [1.54, 1.807) is 30.3 Å². The fourth-order valence-corrected chi connectivity index (χ4v) is 4.56. The number of hydrogen-bond acceptors (Lipinski definition) is 6. The van der Waals surface area contributed by atoms with Gasteiger partial charge in [0.25, 0.3) is 11.8 Å². The van der Waals surface area contributed by atoms with Crippen LogP contribution in [0, 0.1) is 0 Å². The van der Waals surface area contributed by atoms with E-state index < -0.39 is 11.8 Å². The van der Waals surface area contributed by atoms with Crippen molar-refractivity contribution in [2.24, 2.45) is 0 Å². The van der Waals surface area contributed by atoms with Gasteiger partial charge in [0, 0.05) is 31.9 Å². The molecule has 8 heteroatoms.